The van der Waals surface area contributed by atoms with Gasteiger partial charge in [0.2, 0.25) is 0 Å². The number of hydrogen-bond acceptors (Lipinski definition) is 6. The number of esters is 1. The van der Waals surface area contributed by atoms with Gasteiger partial charge < -0.3 is 4.74 Å². The minimum Gasteiger partial charge on any atom is -0.462 e. The normalized spacial score (nSPS) is 14.5. The summed E-state index contributed by atoms with van der Waals surface area (Å²) >= 11 is 0. The summed E-state index contributed by atoms with van der Waals surface area (Å²) in [5.41, 5.74) is 3.70. The molecule has 0 spiro atoms. The molecule has 0 atom stereocenters. The zero-order valence-corrected chi connectivity index (χ0v) is 20.6. The van der Waals surface area contributed by atoms with Crippen molar-refractivity contribution in [3.63, 3.8) is 0 Å². The number of carbonyl (C=O) groups is 1. The predicted octanol–water partition coefficient (Wildman–Crippen LogP) is 9.66. The number of halogens is 1. The first-order chi connectivity index (χ1) is 17.6. The van der Waals surface area contributed by atoms with Gasteiger partial charge in [0.1, 0.15) is 5.82 Å². The van der Waals surface area contributed by atoms with Crippen LogP contribution in [0.2, 0.25) is 0 Å². The van der Waals surface area contributed by atoms with Crippen LogP contribution in [-0.4, -0.2) is 12.6 Å². The first-order valence-corrected chi connectivity index (χ1v) is 12.6. The molecule has 186 valence electrons. The number of carbonyl (C=O) groups excluding carboxylic acids is 1. The van der Waals surface area contributed by atoms with Crippen molar-refractivity contribution in [3.05, 3.63) is 83.7 Å². The van der Waals surface area contributed by atoms with Crippen molar-refractivity contribution in [1.29, 1.82) is 0 Å². The van der Waals surface area contributed by atoms with Crippen molar-refractivity contribution < 1.29 is 13.9 Å². The molecule has 3 aromatic rings. The van der Waals surface area contributed by atoms with Gasteiger partial charge in [0.15, 0.2) is 0 Å². The van der Waals surface area contributed by atoms with E-state index in [1.165, 1.54) is 55.9 Å². The Labute approximate surface area is 211 Å². The molecule has 4 rings (SSSR count). The second-order valence-electron chi connectivity index (χ2n) is 9.00. The molecule has 6 nitrogen and oxygen atoms in total. The average Bonchev–Trinajstić information content (AvgIpc) is 2.92. The fraction of sp³-hybridized carbons (Fsp3) is 0.345. The molecule has 1 aliphatic rings. The van der Waals surface area contributed by atoms with E-state index >= 15 is 0 Å². The molecule has 7 heteroatoms. The molecule has 0 amide bonds. The van der Waals surface area contributed by atoms with Crippen molar-refractivity contribution in [1.82, 2.24) is 0 Å². The molecule has 3 aromatic carbocycles. The minimum atomic E-state index is -0.685. The maximum Gasteiger partial charge on any atom is 0.341 e. The van der Waals surface area contributed by atoms with E-state index in [0.29, 0.717) is 23.0 Å². The Morgan fingerprint density at radius 2 is 1.33 bits per heavy atom. The van der Waals surface area contributed by atoms with Gasteiger partial charge in [-0.2, -0.15) is 20.5 Å². The topological polar surface area (TPSA) is 75.7 Å². The smallest absolute Gasteiger partial charge is 0.341 e. The molecule has 0 radical (unpaired) electrons. The van der Waals surface area contributed by atoms with E-state index in [0.717, 1.165) is 18.5 Å². The van der Waals surface area contributed by atoms with Gasteiger partial charge in [-0.25, -0.2) is 9.18 Å². The third kappa shape index (κ3) is 7.13. The van der Waals surface area contributed by atoms with Crippen LogP contribution >= 0.6 is 0 Å². The molecule has 0 aliphatic heterocycles. The summed E-state index contributed by atoms with van der Waals surface area (Å²) in [6, 6.07) is 19.6. The molecule has 1 aliphatic carbocycles. The van der Waals surface area contributed by atoms with Crippen molar-refractivity contribution in [2.45, 2.75) is 57.8 Å². The van der Waals surface area contributed by atoms with Gasteiger partial charge in [-0.15, -0.1) is 0 Å². The van der Waals surface area contributed by atoms with Crippen molar-refractivity contribution in [2.24, 2.45) is 20.5 Å². The van der Waals surface area contributed by atoms with Gasteiger partial charge in [-0.3, -0.25) is 0 Å². The molecule has 0 saturated heterocycles. The van der Waals surface area contributed by atoms with E-state index in [1.807, 2.05) is 19.1 Å². The van der Waals surface area contributed by atoms with Gasteiger partial charge in [0, 0.05) is 6.07 Å². The van der Waals surface area contributed by atoms with Gasteiger partial charge in [0.25, 0.3) is 0 Å². The molecule has 0 N–H and O–H groups in total. The molecule has 0 unspecified atom stereocenters. The van der Waals surface area contributed by atoms with Gasteiger partial charge in [-0.05, 0) is 79.3 Å². The van der Waals surface area contributed by atoms with Crippen LogP contribution in [0.3, 0.4) is 0 Å². The number of benzene rings is 3. The van der Waals surface area contributed by atoms with E-state index in [1.54, 1.807) is 24.3 Å². The summed E-state index contributed by atoms with van der Waals surface area (Å²) in [6.07, 6.45) is 8.18. The maximum atomic E-state index is 14.3. The second kappa shape index (κ2) is 12.8. The monoisotopic (exact) mass is 486 g/mol. The Balaban J connectivity index is 1.33. The summed E-state index contributed by atoms with van der Waals surface area (Å²) in [6.45, 7) is 2.27. The third-order valence-electron chi connectivity index (χ3n) is 6.28. The molecule has 1 saturated carbocycles. The summed E-state index contributed by atoms with van der Waals surface area (Å²) < 4.78 is 19.4. The van der Waals surface area contributed by atoms with E-state index in [-0.39, 0.29) is 12.2 Å². The number of ether oxygens (including phenoxy) is 1. The minimum absolute atomic E-state index is 0.108. The summed E-state index contributed by atoms with van der Waals surface area (Å²) in [5, 5.41) is 16.8. The molecule has 0 bridgehead atoms. The van der Waals surface area contributed by atoms with Crippen LogP contribution in [0.15, 0.2) is 87.2 Å². The molecule has 0 aromatic heterocycles. The average molecular weight is 487 g/mol. The molecule has 36 heavy (non-hydrogen) atoms. The Morgan fingerprint density at radius 1 is 0.806 bits per heavy atom. The first kappa shape index (κ1) is 25.4. The highest BCUT2D eigenvalue weighted by atomic mass is 19.1. The highest BCUT2D eigenvalue weighted by molar-refractivity contribution is 5.90. The van der Waals surface area contributed by atoms with Crippen LogP contribution in [-0.2, 0) is 4.74 Å². The lowest BCUT2D eigenvalue weighted by molar-refractivity contribution is 0.0494. The number of azo groups is 2. The lowest BCUT2D eigenvalue weighted by atomic mass is 9.84. The first-order valence-electron chi connectivity index (χ1n) is 12.6. The van der Waals surface area contributed by atoms with Crippen LogP contribution in [0.5, 0.6) is 0 Å². The summed E-state index contributed by atoms with van der Waals surface area (Å²) in [7, 11) is 0. The fourth-order valence-electron chi connectivity index (χ4n) is 4.18. The van der Waals surface area contributed by atoms with Crippen LogP contribution in [0.4, 0.5) is 27.1 Å². The number of unbranched alkanes of at least 4 members (excludes halogenated alkanes) is 1. The fourth-order valence-corrected chi connectivity index (χ4v) is 4.18. The van der Waals surface area contributed by atoms with Crippen LogP contribution in [0.1, 0.15) is 73.7 Å². The molecular formula is C29H31FN4O2. The Bertz CT molecular complexity index is 1200. The molecular weight excluding hydrogens is 455 g/mol. The highest BCUT2D eigenvalue weighted by Gasteiger charge is 2.15. The Kier molecular flexibility index (Phi) is 9.03. The van der Waals surface area contributed by atoms with Crippen molar-refractivity contribution in [2.75, 3.05) is 6.61 Å². The zero-order valence-electron chi connectivity index (χ0n) is 20.6. The van der Waals surface area contributed by atoms with E-state index < -0.39 is 11.8 Å². The standard InChI is InChI=1S/C29H31FN4O2/c1-2-3-19-36-29(35)27-18-17-26(20-28(27)30)34-33-25-15-13-24(14-16-25)32-31-23-11-9-22(10-12-23)21-7-5-4-6-8-21/h9-18,20-21H,2-8,19H2,1H3. The molecule has 0 heterocycles. The Morgan fingerprint density at radius 3 is 1.89 bits per heavy atom. The lowest BCUT2D eigenvalue weighted by Crippen LogP contribution is -2.08. The summed E-state index contributed by atoms with van der Waals surface area (Å²) in [4.78, 5) is 12.0. The largest absolute Gasteiger partial charge is 0.462 e. The van der Waals surface area contributed by atoms with Crippen molar-refractivity contribution in [3.8, 4) is 0 Å². The number of nitrogens with zero attached hydrogens (tertiary/aromatic N) is 4. The van der Waals surface area contributed by atoms with Crippen molar-refractivity contribution >= 4 is 28.7 Å². The zero-order chi connectivity index (χ0) is 25.2. The Hall–Kier alpha value is -3.74. The van der Waals surface area contributed by atoms with Crippen LogP contribution in [0, 0.1) is 5.82 Å². The van der Waals surface area contributed by atoms with Gasteiger partial charge in [-0.1, -0.05) is 44.7 Å². The second-order valence-corrected chi connectivity index (χ2v) is 9.00. The number of rotatable bonds is 9. The highest BCUT2D eigenvalue weighted by Crippen LogP contribution is 2.33. The van der Waals surface area contributed by atoms with E-state index in [4.69, 9.17) is 4.74 Å². The van der Waals surface area contributed by atoms with Gasteiger partial charge >= 0.3 is 5.97 Å². The van der Waals surface area contributed by atoms with Crippen LogP contribution < -0.4 is 0 Å². The SMILES string of the molecule is CCCCOC(=O)c1ccc(N=Nc2ccc(N=Nc3ccc(C4CCCCC4)cc3)cc2)cc1F. The van der Waals surface area contributed by atoms with Gasteiger partial charge in [0.05, 0.1) is 34.9 Å². The number of hydrogen-bond donors (Lipinski definition) is 0. The summed E-state index contributed by atoms with van der Waals surface area (Å²) in [5.74, 6) is -0.683. The van der Waals surface area contributed by atoms with E-state index in [9.17, 15) is 9.18 Å². The van der Waals surface area contributed by atoms with E-state index in [2.05, 4.69) is 32.6 Å². The predicted molar refractivity (Wildman–Crippen MR) is 139 cm³/mol. The lowest BCUT2D eigenvalue weighted by Gasteiger charge is -2.21. The third-order valence-corrected chi connectivity index (χ3v) is 6.28. The quantitative estimate of drug-likeness (QED) is 0.171. The van der Waals surface area contributed by atoms with Crippen LogP contribution in [0.25, 0.3) is 0 Å². The molecule has 1 fully saturated rings. The maximum absolute atomic E-state index is 14.3.